The van der Waals surface area contributed by atoms with Gasteiger partial charge in [0.25, 0.3) is 6.01 Å². The lowest BCUT2D eigenvalue weighted by atomic mass is 10.2. The summed E-state index contributed by atoms with van der Waals surface area (Å²) in [6.45, 7) is 0.945. The Hall–Kier alpha value is -2.82. The van der Waals surface area contributed by atoms with Crippen molar-refractivity contribution >= 4 is 28.1 Å². The Morgan fingerprint density at radius 1 is 1.00 bits per heavy atom. The van der Waals surface area contributed by atoms with Gasteiger partial charge in [-0.25, -0.2) is 4.98 Å². The number of benzene rings is 2. The molecule has 0 N–H and O–H groups in total. The zero-order valence-electron chi connectivity index (χ0n) is 13.5. The van der Waals surface area contributed by atoms with Crippen LogP contribution in [0.2, 0.25) is 0 Å². The minimum absolute atomic E-state index is 0.204. The Morgan fingerprint density at radius 2 is 1.79 bits per heavy atom. The number of aryl methyl sites for hydroxylation is 1. The maximum absolute atomic E-state index is 6.00. The second-order valence-corrected chi connectivity index (χ2v) is 6.33. The number of hydrogen-bond donors (Lipinski definition) is 0. The largest absolute Gasteiger partial charge is 0.423 e. The predicted octanol–water partition coefficient (Wildman–Crippen LogP) is 4.06. The lowest BCUT2D eigenvalue weighted by molar-refractivity contribution is 0.541. The summed E-state index contributed by atoms with van der Waals surface area (Å²) in [5, 5.41) is 0. The maximum Gasteiger partial charge on any atom is 0.299 e. The van der Waals surface area contributed by atoms with Gasteiger partial charge in [-0.3, -0.25) is 0 Å². The van der Waals surface area contributed by atoms with Gasteiger partial charge < -0.3 is 13.9 Å². The number of aromatic nitrogens is 3. The molecule has 5 rings (SSSR count). The fourth-order valence-electron chi connectivity index (χ4n) is 3.71. The van der Waals surface area contributed by atoms with Crippen LogP contribution in [0, 0.1) is 0 Å². The maximum atomic E-state index is 6.00. The predicted molar refractivity (Wildman–Crippen MR) is 94.0 cm³/mol. The van der Waals surface area contributed by atoms with E-state index in [9.17, 15) is 0 Å². The van der Waals surface area contributed by atoms with Gasteiger partial charge in [-0.15, -0.1) is 0 Å². The van der Waals surface area contributed by atoms with E-state index in [0.29, 0.717) is 6.01 Å². The Labute approximate surface area is 139 Å². The summed E-state index contributed by atoms with van der Waals surface area (Å²) < 4.78 is 8.19. The van der Waals surface area contributed by atoms with Crippen LogP contribution in [-0.4, -0.2) is 21.1 Å². The molecule has 0 bridgehead atoms. The van der Waals surface area contributed by atoms with Gasteiger partial charge in [0.1, 0.15) is 11.3 Å². The van der Waals surface area contributed by atoms with Crippen molar-refractivity contribution in [3.05, 3.63) is 54.4 Å². The van der Waals surface area contributed by atoms with Crippen molar-refractivity contribution < 1.29 is 4.42 Å². The minimum atomic E-state index is 0.204. The summed E-state index contributed by atoms with van der Waals surface area (Å²) in [6, 6.07) is 17.1. The molecule has 1 fully saturated rings. The molecule has 0 aliphatic carbocycles. The lowest BCUT2D eigenvalue weighted by Gasteiger charge is -2.22. The van der Waals surface area contributed by atoms with E-state index in [0.717, 1.165) is 47.3 Å². The Balaban J connectivity index is 1.60. The van der Waals surface area contributed by atoms with Crippen molar-refractivity contribution in [2.75, 3.05) is 11.4 Å². The van der Waals surface area contributed by atoms with Crippen LogP contribution in [0.15, 0.2) is 52.9 Å². The van der Waals surface area contributed by atoms with Gasteiger partial charge >= 0.3 is 0 Å². The summed E-state index contributed by atoms with van der Waals surface area (Å²) in [5.41, 5.74) is 3.95. The molecule has 1 aliphatic heterocycles. The summed E-state index contributed by atoms with van der Waals surface area (Å²) in [6.07, 6.45) is 2.18. The second kappa shape index (κ2) is 5.09. The third-order valence-corrected chi connectivity index (χ3v) is 4.90. The summed E-state index contributed by atoms with van der Waals surface area (Å²) in [5.74, 6) is 1.08. The summed E-state index contributed by atoms with van der Waals surface area (Å²) in [7, 11) is 2.09. The van der Waals surface area contributed by atoms with Gasteiger partial charge in [0.2, 0.25) is 0 Å². The number of para-hydroxylation sites is 4. The third-order valence-electron chi connectivity index (χ3n) is 4.90. The van der Waals surface area contributed by atoms with Gasteiger partial charge in [-0.2, -0.15) is 4.98 Å². The Bertz CT molecular complexity index is 999. The molecule has 120 valence electrons. The zero-order valence-corrected chi connectivity index (χ0v) is 13.5. The number of nitrogens with zero attached hydrogens (tertiary/aromatic N) is 4. The fourth-order valence-corrected chi connectivity index (χ4v) is 3.71. The molecular weight excluding hydrogens is 300 g/mol. The molecule has 5 nitrogen and oxygen atoms in total. The molecule has 0 amide bonds. The van der Waals surface area contributed by atoms with Crippen molar-refractivity contribution in [2.24, 2.45) is 7.05 Å². The normalized spacial score (nSPS) is 18.0. The van der Waals surface area contributed by atoms with E-state index in [4.69, 9.17) is 9.40 Å². The molecule has 0 saturated carbocycles. The highest BCUT2D eigenvalue weighted by atomic mass is 16.4. The van der Waals surface area contributed by atoms with Crippen LogP contribution < -0.4 is 4.90 Å². The summed E-state index contributed by atoms with van der Waals surface area (Å²) >= 11 is 0. The first-order chi connectivity index (χ1) is 11.8. The fraction of sp³-hybridized carbons (Fsp3) is 0.263. The standard InChI is InChI=1S/C19H18N4O/c1-22-15-9-4-2-7-13(15)20-18(22)16-10-6-12-23(16)19-21-14-8-3-5-11-17(14)24-19/h2-5,7-9,11,16H,6,10,12H2,1H3/t16-/m0/s1. The average Bonchev–Trinajstić information content (AvgIpc) is 3.31. The second-order valence-electron chi connectivity index (χ2n) is 6.33. The molecule has 5 heteroatoms. The first kappa shape index (κ1) is 13.6. The van der Waals surface area contributed by atoms with Gasteiger partial charge in [0, 0.05) is 13.6 Å². The SMILES string of the molecule is Cn1c([C@@H]2CCCN2c2nc3ccccc3o2)nc2ccccc21. The monoisotopic (exact) mass is 318 g/mol. The van der Waals surface area contributed by atoms with E-state index >= 15 is 0 Å². The van der Waals surface area contributed by atoms with E-state index in [1.807, 2.05) is 30.3 Å². The molecule has 1 aliphatic rings. The van der Waals surface area contributed by atoms with Crippen molar-refractivity contribution in [3.8, 4) is 0 Å². The van der Waals surface area contributed by atoms with Crippen LogP contribution in [0.4, 0.5) is 6.01 Å². The highest BCUT2D eigenvalue weighted by Crippen LogP contribution is 2.37. The van der Waals surface area contributed by atoms with Crippen LogP contribution in [0.3, 0.4) is 0 Å². The summed E-state index contributed by atoms with van der Waals surface area (Å²) in [4.78, 5) is 11.8. The molecule has 2 aromatic heterocycles. The van der Waals surface area contributed by atoms with E-state index in [1.165, 1.54) is 0 Å². The van der Waals surface area contributed by atoms with Gasteiger partial charge in [0.15, 0.2) is 5.58 Å². The molecule has 2 aromatic carbocycles. The molecule has 24 heavy (non-hydrogen) atoms. The lowest BCUT2D eigenvalue weighted by Crippen LogP contribution is -2.25. The van der Waals surface area contributed by atoms with Crippen LogP contribution in [-0.2, 0) is 7.05 Å². The van der Waals surface area contributed by atoms with Crippen LogP contribution in [0.5, 0.6) is 0 Å². The number of hydrogen-bond acceptors (Lipinski definition) is 4. The molecular formula is C19H18N4O. The highest BCUT2D eigenvalue weighted by Gasteiger charge is 2.32. The highest BCUT2D eigenvalue weighted by molar-refractivity contribution is 5.76. The molecule has 1 atom stereocenters. The quantitative estimate of drug-likeness (QED) is 0.559. The number of oxazole rings is 1. The first-order valence-corrected chi connectivity index (χ1v) is 8.35. The molecule has 0 radical (unpaired) electrons. The smallest absolute Gasteiger partial charge is 0.299 e. The Morgan fingerprint density at radius 3 is 2.62 bits per heavy atom. The minimum Gasteiger partial charge on any atom is -0.423 e. The number of fused-ring (bicyclic) bond motifs is 2. The number of anilines is 1. The van der Waals surface area contributed by atoms with Crippen LogP contribution in [0.25, 0.3) is 22.1 Å². The number of imidazole rings is 1. The molecule has 0 unspecified atom stereocenters. The van der Waals surface area contributed by atoms with E-state index in [1.54, 1.807) is 0 Å². The molecule has 0 spiro atoms. The van der Waals surface area contributed by atoms with Gasteiger partial charge in [-0.05, 0) is 37.1 Å². The zero-order chi connectivity index (χ0) is 16.1. The van der Waals surface area contributed by atoms with Crippen LogP contribution in [0.1, 0.15) is 24.7 Å². The topological polar surface area (TPSA) is 47.1 Å². The van der Waals surface area contributed by atoms with Crippen molar-refractivity contribution in [2.45, 2.75) is 18.9 Å². The van der Waals surface area contributed by atoms with Crippen LogP contribution >= 0.6 is 0 Å². The molecule has 3 heterocycles. The third kappa shape index (κ3) is 1.94. The van der Waals surface area contributed by atoms with E-state index < -0.39 is 0 Å². The molecule has 4 aromatic rings. The molecule has 1 saturated heterocycles. The van der Waals surface area contributed by atoms with Crippen molar-refractivity contribution in [1.29, 1.82) is 0 Å². The number of rotatable bonds is 2. The average molecular weight is 318 g/mol. The van der Waals surface area contributed by atoms with Gasteiger partial charge in [0.05, 0.1) is 17.1 Å². The van der Waals surface area contributed by atoms with Gasteiger partial charge in [-0.1, -0.05) is 24.3 Å². The van der Waals surface area contributed by atoms with Crippen molar-refractivity contribution in [3.63, 3.8) is 0 Å². The Kier molecular flexibility index (Phi) is 2.89. The van der Waals surface area contributed by atoms with Crippen molar-refractivity contribution in [1.82, 2.24) is 14.5 Å². The van der Waals surface area contributed by atoms with E-state index in [2.05, 4.69) is 39.7 Å². The first-order valence-electron chi connectivity index (χ1n) is 8.35. The van der Waals surface area contributed by atoms with E-state index in [-0.39, 0.29) is 6.04 Å².